The molecule has 0 saturated heterocycles. The second-order valence-corrected chi connectivity index (χ2v) is 6.28. The molecule has 27 heavy (non-hydrogen) atoms. The molecule has 2 N–H and O–H groups in total. The zero-order valence-corrected chi connectivity index (χ0v) is 15.7. The first-order chi connectivity index (χ1) is 12.9. The van der Waals surface area contributed by atoms with E-state index in [4.69, 9.17) is 4.74 Å². The van der Waals surface area contributed by atoms with Crippen LogP contribution in [0.3, 0.4) is 0 Å². The van der Waals surface area contributed by atoms with E-state index < -0.39 is 5.97 Å². The van der Waals surface area contributed by atoms with Crippen molar-refractivity contribution in [3.8, 4) is 0 Å². The average molecular weight is 368 g/mol. The van der Waals surface area contributed by atoms with E-state index >= 15 is 0 Å². The van der Waals surface area contributed by atoms with Crippen LogP contribution in [-0.2, 0) is 14.3 Å². The fourth-order valence-corrected chi connectivity index (χ4v) is 2.60. The predicted molar refractivity (Wildman–Crippen MR) is 103 cm³/mol. The van der Waals surface area contributed by atoms with Crippen molar-refractivity contribution >= 4 is 23.5 Å². The second kappa shape index (κ2) is 9.52. The molecule has 2 amide bonds. The molecule has 6 nitrogen and oxygen atoms in total. The number of aryl methyl sites for hydroxylation is 1. The zero-order valence-electron chi connectivity index (χ0n) is 15.7. The molecule has 2 rings (SSSR count). The summed E-state index contributed by atoms with van der Waals surface area (Å²) >= 11 is 0. The van der Waals surface area contributed by atoms with Gasteiger partial charge in [-0.3, -0.25) is 9.59 Å². The van der Waals surface area contributed by atoms with Crippen LogP contribution in [0.25, 0.3) is 0 Å². The summed E-state index contributed by atoms with van der Waals surface area (Å²) in [6, 6.07) is 14.2. The van der Waals surface area contributed by atoms with Gasteiger partial charge in [0.05, 0.1) is 11.6 Å². The first-order valence-electron chi connectivity index (χ1n) is 8.79. The van der Waals surface area contributed by atoms with Crippen molar-refractivity contribution in [2.45, 2.75) is 33.2 Å². The molecule has 0 spiro atoms. The monoisotopic (exact) mass is 368 g/mol. The maximum absolute atomic E-state index is 12.2. The van der Waals surface area contributed by atoms with Crippen molar-refractivity contribution in [2.75, 3.05) is 11.9 Å². The minimum absolute atomic E-state index is 0.139. The lowest BCUT2D eigenvalue weighted by Crippen LogP contribution is -2.32. The van der Waals surface area contributed by atoms with Crippen molar-refractivity contribution in [1.29, 1.82) is 0 Å². The Morgan fingerprint density at radius 1 is 1.07 bits per heavy atom. The number of hydrogen-bond donors (Lipinski definition) is 2. The molecule has 1 atom stereocenters. The Bertz CT molecular complexity index is 815. The fourth-order valence-electron chi connectivity index (χ4n) is 2.60. The highest BCUT2D eigenvalue weighted by atomic mass is 16.5. The van der Waals surface area contributed by atoms with E-state index in [-0.39, 0.29) is 30.0 Å². The minimum atomic E-state index is -0.624. The summed E-state index contributed by atoms with van der Waals surface area (Å²) in [7, 11) is 0. The summed E-state index contributed by atoms with van der Waals surface area (Å²) in [4.78, 5) is 35.4. The van der Waals surface area contributed by atoms with Gasteiger partial charge in [-0.15, -0.1) is 0 Å². The van der Waals surface area contributed by atoms with Gasteiger partial charge >= 0.3 is 5.97 Å². The van der Waals surface area contributed by atoms with E-state index in [1.54, 1.807) is 18.2 Å². The number of benzene rings is 2. The molecular formula is C21H24N2O4. The van der Waals surface area contributed by atoms with Gasteiger partial charge < -0.3 is 15.4 Å². The van der Waals surface area contributed by atoms with Gasteiger partial charge in [0.25, 0.3) is 5.91 Å². The van der Waals surface area contributed by atoms with Gasteiger partial charge in [-0.05, 0) is 37.1 Å². The van der Waals surface area contributed by atoms with E-state index in [2.05, 4.69) is 10.6 Å². The van der Waals surface area contributed by atoms with E-state index in [0.29, 0.717) is 5.69 Å². The summed E-state index contributed by atoms with van der Waals surface area (Å²) in [6.07, 6.45) is 0.724. The topological polar surface area (TPSA) is 84.5 Å². The molecular weight excluding hydrogens is 344 g/mol. The van der Waals surface area contributed by atoms with Crippen molar-refractivity contribution in [1.82, 2.24) is 5.32 Å². The molecule has 0 radical (unpaired) electrons. The zero-order chi connectivity index (χ0) is 19.8. The van der Waals surface area contributed by atoms with Crippen LogP contribution < -0.4 is 10.6 Å². The number of amides is 2. The lowest BCUT2D eigenvalue weighted by Gasteiger charge is -2.17. The summed E-state index contributed by atoms with van der Waals surface area (Å²) in [5.41, 5.74) is 2.91. The van der Waals surface area contributed by atoms with Crippen molar-refractivity contribution in [3.63, 3.8) is 0 Å². The molecule has 2 aromatic carbocycles. The molecule has 0 fully saturated rings. The highest BCUT2D eigenvalue weighted by Crippen LogP contribution is 2.17. The molecule has 0 unspecified atom stereocenters. The van der Waals surface area contributed by atoms with Crippen molar-refractivity contribution in [3.05, 3.63) is 65.2 Å². The highest BCUT2D eigenvalue weighted by Gasteiger charge is 2.15. The maximum atomic E-state index is 12.2. The third-order valence-electron chi connectivity index (χ3n) is 3.98. The molecule has 142 valence electrons. The lowest BCUT2D eigenvalue weighted by atomic mass is 10.0. The molecule has 0 bridgehead atoms. The number of anilines is 1. The lowest BCUT2D eigenvalue weighted by molar-refractivity contribution is -0.125. The van der Waals surface area contributed by atoms with Crippen LogP contribution in [-0.4, -0.2) is 24.4 Å². The van der Waals surface area contributed by atoms with Gasteiger partial charge in [0, 0.05) is 12.6 Å². The summed E-state index contributed by atoms with van der Waals surface area (Å²) in [5, 5.41) is 5.47. The maximum Gasteiger partial charge on any atom is 0.338 e. The minimum Gasteiger partial charge on any atom is -0.452 e. The molecule has 0 saturated carbocycles. The van der Waals surface area contributed by atoms with Crippen molar-refractivity contribution < 1.29 is 19.1 Å². The van der Waals surface area contributed by atoms with E-state index in [1.807, 2.05) is 38.1 Å². The van der Waals surface area contributed by atoms with Gasteiger partial charge in [-0.1, -0.05) is 42.8 Å². The fraction of sp³-hybridized carbons (Fsp3) is 0.286. The Kier molecular flexibility index (Phi) is 7.11. The van der Waals surface area contributed by atoms with E-state index in [0.717, 1.165) is 17.5 Å². The third kappa shape index (κ3) is 6.26. The number of carbonyl (C=O) groups is 3. The largest absolute Gasteiger partial charge is 0.452 e. The molecule has 0 heterocycles. The van der Waals surface area contributed by atoms with Gasteiger partial charge in [0.1, 0.15) is 0 Å². The number of ether oxygens (including phenoxy) is 1. The number of rotatable bonds is 7. The van der Waals surface area contributed by atoms with E-state index in [9.17, 15) is 14.4 Å². The molecule has 2 aromatic rings. The average Bonchev–Trinajstić information content (AvgIpc) is 2.64. The van der Waals surface area contributed by atoms with Crippen LogP contribution in [0.4, 0.5) is 5.69 Å². The Morgan fingerprint density at radius 3 is 2.41 bits per heavy atom. The molecule has 0 aliphatic rings. The Morgan fingerprint density at radius 2 is 1.78 bits per heavy atom. The quantitative estimate of drug-likeness (QED) is 0.734. The summed E-state index contributed by atoms with van der Waals surface area (Å²) < 4.78 is 5.09. The van der Waals surface area contributed by atoms with Crippen LogP contribution >= 0.6 is 0 Å². The molecule has 0 aliphatic carbocycles. The number of carbonyl (C=O) groups excluding carboxylic acids is 3. The number of nitrogens with one attached hydrogen (secondary N) is 2. The first kappa shape index (κ1) is 20.2. The van der Waals surface area contributed by atoms with Crippen molar-refractivity contribution in [2.24, 2.45) is 0 Å². The molecule has 0 aromatic heterocycles. The van der Waals surface area contributed by atoms with Crippen LogP contribution in [0.15, 0.2) is 48.5 Å². The number of hydrogen-bond acceptors (Lipinski definition) is 4. The normalized spacial score (nSPS) is 11.4. The van der Waals surface area contributed by atoms with Crippen LogP contribution in [0.5, 0.6) is 0 Å². The Labute approximate surface area is 158 Å². The van der Waals surface area contributed by atoms with Crippen LogP contribution in [0, 0.1) is 6.92 Å². The van der Waals surface area contributed by atoms with E-state index in [1.165, 1.54) is 13.0 Å². The standard InChI is InChI=1S/C21H24N2O4/c1-4-19(16-10-8-14(2)9-11-16)23-20(25)13-27-21(26)17-6-5-7-18(12-17)22-15(3)24/h5-12,19H,4,13H2,1-3H3,(H,22,24)(H,23,25)/t19-/m1/s1. The third-order valence-corrected chi connectivity index (χ3v) is 3.98. The summed E-state index contributed by atoms with van der Waals surface area (Å²) in [5.74, 6) is -1.23. The molecule has 0 aliphatic heterocycles. The van der Waals surface area contributed by atoms with Gasteiger partial charge in [0.15, 0.2) is 6.61 Å². The Hall–Kier alpha value is -3.15. The number of esters is 1. The van der Waals surface area contributed by atoms with Gasteiger partial charge in [0.2, 0.25) is 5.91 Å². The highest BCUT2D eigenvalue weighted by molar-refractivity contribution is 5.94. The summed E-state index contributed by atoms with van der Waals surface area (Å²) in [6.45, 7) is 4.99. The van der Waals surface area contributed by atoms with Crippen LogP contribution in [0.2, 0.25) is 0 Å². The SMILES string of the molecule is CC[C@@H](NC(=O)COC(=O)c1cccc(NC(C)=O)c1)c1ccc(C)cc1. The molecule has 6 heteroatoms. The van der Waals surface area contributed by atoms with Gasteiger partial charge in [-0.2, -0.15) is 0 Å². The van der Waals surface area contributed by atoms with Crippen LogP contribution in [0.1, 0.15) is 47.8 Å². The predicted octanol–water partition coefficient (Wildman–Crippen LogP) is 3.38. The van der Waals surface area contributed by atoms with Gasteiger partial charge in [-0.25, -0.2) is 4.79 Å². The first-order valence-corrected chi connectivity index (χ1v) is 8.79. The second-order valence-electron chi connectivity index (χ2n) is 6.28. The Balaban J connectivity index is 1.91. The smallest absolute Gasteiger partial charge is 0.338 e.